The Labute approximate surface area is 154 Å². The molecule has 1 unspecified atom stereocenters. The summed E-state index contributed by atoms with van der Waals surface area (Å²) in [5.74, 6) is -3.18. The number of pyridine rings is 1. The van der Waals surface area contributed by atoms with Gasteiger partial charge in [0.25, 0.3) is 5.92 Å². The van der Waals surface area contributed by atoms with Crippen molar-refractivity contribution in [3.8, 4) is 0 Å². The van der Waals surface area contributed by atoms with Gasteiger partial charge < -0.3 is 9.51 Å². The maximum Gasteiger partial charge on any atom is 0.250 e. The lowest BCUT2D eigenvalue weighted by molar-refractivity contribution is -0.126. The maximum absolute atomic E-state index is 13.6. The third-order valence-electron chi connectivity index (χ3n) is 5.06. The van der Waals surface area contributed by atoms with Crippen LogP contribution in [0, 0.1) is 0 Å². The summed E-state index contributed by atoms with van der Waals surface area (Å²) >= 11 is 6.22. The third-order valence-corrected chi connectivity index (χ3v) is 5.37. The molecule has 0 radical (unpaired) electrons. The zero-order valence-electron chi connectivity index (χ0n) is 14.3. The Kier molecular flexibility index (Phi) is 5.35. The molecule has 0 saturated heterocycles. The highest BCUT2D eigenvalue weighted by atomic mass is 35.5. The first-order valence-electron chi connectivity index (χ1n) is 8.72. The van der Waals surface area contributed by atoms with E-state index in [1.807, 2.05) is 0 Å². The number of carbonyl (C=O) groups excluding carboxylic acids is 1. The number of nitrogens with zero attached hydrogens (tertiary/aromatic N) is 1. The van der Waals surface area contributed by atoms with E-state index in [0.29, 0.717) is 21.8 Å². The number of fused-ring (bicyclic) bond motifs is 1. The molecule has 1 atom stereocenters. The van der Waals surface area contributed by atoms with Crippen molar-refractivity contribution >= 4 is 22.9 Å². The molecule has 1 fully saturated rings. The van der Waals surface area contributed by atoms with E-state index >= 15 is 0 Å². The fourth-order valence-corrected chi connectivity index (χ4v) is 4.08. The van der Waals surface area contributed by atoms with E-state index in [-0.39, 0.29) is 44.3 Å². The van der Waals surface area contributed by atoms with Crippen molar-refractivity contribution in [2.45, 2.75) is 56.5 Å². The minimum Gasteiger partial charge on any atom is -0.390 e. The zero-order valence-corrected chi connectivity index (χ0v) is 15.0. The second-order valence-corrected chi connectivity index (χ2v) is 7.50. The van der Waals surface area contributed by atoms with Crippen LogP contribution >= 0.6 is 11.6 Å². The number of alkyl halides is 3. The first kappa shape index (κ1) is 19.2. The van der Waals surface area contributed by atoms with Crippen molar-refractivity contribution < 1.29 is 23.1 Å². The number of ketones is 1. The lowest BCUT2D eigenvalue weighted by Gasteiger charge is -2.36. The van der Waals surface area contributed by atoms with Gasteiger partial charge >= 0.3 is 0 Å². The molecule has 1 aliphatic rings. The molecule has 1 saturated carbocycles. The number of hydrogen-bond donors (Lipinski definition) is 1. The Morgan fingerprint density at radius 3 is 2.81 bits per heavy atom. The molecule has 0 bridgehead atoms. The summed E-state index contributed by atoms with van der Waals surface area (Å²) in [6.45, 7) is -0.568. The van der Waals surface area contributed by atoms with E-state index in [4.69, 9.17) is 11.6 Å². The van der Waals surface area contributed by atoms with Gasteiger partial charge in [0.15, 0.2) is 5.78 Å². The van der Waals surface area contributed by atoms with Crippen LogP contribution in [0.4, 0.5) is 13.2 Å². The highest BCUT2D eigenvalue weighted by Crippen LogP contribution is 2.41. The molecule has 142 valence electrons. The van der Waals surface area contributed by atoms with Crippen molar-refractivity contribution in [1.29, 1.82) is 0 Å². The van der Waals surface area contributed by atoms with Gasteiger partial charge in [0.2, 0.25) is 0 Å². The molecular formula is C19H21ClF3NO2. The Hall–Kier alpha value is -1.53. The maximum atomic E-state index is 13.6. The highest BCUT2D eigenvalue weighted by molar-refractivity contribution is 6.35. The van der Waals surface area contributed by atoms with Gasteiger partial charge in [-0.3, -0.25) is 9.18 Å². The lowest BCUT2D eigenvalue weighted by Crippen LogP contribution is -2.41. The van der Waals surface area contributed by atoms with Gasteiger partial charge in [0, 0.05) is 43.1 Å². The van der Waals surface area contributed by atoms with Crippen LogP contribution in [0.25, 0.3) is 5.52 Å². The molecule has 3 rings (SSSR count). The molecule has 3 nitrogen and oxygen atoms in total. The van der Waals surface area contributed by atoms with E-state index in [2.05, 4.69) is 0 Å². The molecule has 2 heterocycles. The Balaban J connectivity index is 1.82. The molecule has 0 aliphatic heterocycles. The van der Waals surface area contributed by atoms with E-state index in [0.717, 1.165) is 0 Å². The molecular weight excluding hydrogens is 367 g/mol. The van der Waals surface area contributed by atoms with Gasteiger partial charge in [0.05, 0.1) is 22.8 Å². The molecule has 2 aromatic rings. The number of rotatable bonds is 6. The summed E-state index contributed by atoms with van der Waals surface area (Å²) in [5.41, 5.74) is -0.0801. The van der Waals surface area contributed by atoms with Gasteiger partial charge in [-0.15, -0.1) is 0 Å². The van der Waals surface area contributed by atoms with Gasteiger partial charge in [-0.05, 0) is 37.5 Å². The minimum atomic E-state index is -2.89. The molecule has 7 heteroatoms. The number of hydrogen-bond acceptors (Lipinski definition) is 2. The van der Waals surface area contributed by atoms with E-state index in [1.165, 1.54) is 0 Å². The molecule has 0 amide bonds. The molecule has 1 N–H and O–H groups in total. The Morgan fingerprint density at radius 2 is 2.12 bits per heavy atom. The summed E-state index contributed by atoms with van der Waals surface area (Å²) in [4.78, 5) is 12.7. The largest absolute Gasteiger partial charge is 0.390 e. The van der Waals surface area contributed by atoms with Gasteiger partial charge in [0.1, 0.15) is 0 Å². The van der Waals surface area contributed by atoms with Crippen LogP contribution in [0.1, 0.15) is 54.6 Å². The van der Waals surface area contributed by atoms with Crippen LogP contribution < -0.4 is 0 Å². The molecule has 0 aromatic carbocycles. The quantitative estimate of drug-likeness (QED) is 0.708. The Morgan fingerprint density at radius 1 is 1.35 bits per heavy atom. The SMILES string of the molecule is O=C(CCC1(O)CCCC(F)(F)C1)c1cc(CCF)n2cccc(Cl)c12. The molecule has 0 spiro atoms. The summed E-state index contributed by atoms with van der Waals surface area (Å²) < 4.78 is 41.7. The fraction of sp³-hybridized carbons (Fsp3) is 0.526. The molecule has 2 aromatic heterocycles. The van der Waals surface area contributed by atoms with E-state index in [9.17, 15) is 23.1 Å². The van der Waals surface area contributed by atoms with Crippen molar-refractivity contribution in [2.75, 3.05) is 6.67 Å². The fourth-order valence-electron chi connectivity index (χ4n) is 3.81. The smallest absolute Gasteiger partial charge is 0.250 e. The summed E-state index contributed by atoms with van der Waals surface area (Å²) in [6.07, 6.45) is 1.42. The summed E-state index contributed by atoms with van der Waals surface area (Å²) in [7, 11) is 0. The number of aliphatic hydroxyl groups is 1. The normalized spacial score (nSPS) is 22.7. The summed E-state index contributed by atoms with van der Waals surface area (Å²) in [6, 6.07) is 4.95. The first-order chi connectivity index (χ1) is 12.2. The first-order valence-corrected chi connectivity index (χ1v) is 9.10. The number of aromatic nitrogens is 1. The van der Waals surface area contributed by atoms with Gasteiger partial charge in [-0.2, -0.15) is 0 Å². The highest BCUT2D eigenvalue weighted by Gasteiger charge is 2.44. The monoisotopic (exact) mass is 387 g/mol. The van der Waals surface area contributed by atoms with Crippen LogP contribution in [0.2, 0.25) is 5.02 Å². The second kappa shape index (κ2) is 7.24. The van der Waals surface area contributed by atoms with E-state index in [1.54, 1.807) is 28.8 Å². The molecule has 1 aliphatic carbocycles. The predicted octanol–water partition coefficient (Wildman–Crippen LogP) is 5.01. The predicted molar refractivity (Wildman–Crippen MR) is 94.0 cm³/mol. The average Bonchev–Trinajstić information content (AvgIpc) is 2.92. The van der Waals surface area contributed by atoms with Crippen LogP contribution in [-0.4, -0.2) is 33.5 Å². The van der Waals surface area contributed by atoms with Crippen LogP contribution in [0.15, 0.2) is 24.4 Å². The molecule has 26 heavy (non-hydrogen) atoms. The van der Waals surface area contributed by atoms with Crippen LogP contribution in [-0.2, 0) is 6.42 Å². The van der Waals surface area contributed by atoms with Crippen molar-refractivity contribution in [3.05, 3.63) is 40.7 Å². The van der Waals surface area contributed by atoms with Crippen molar-refractivity contribution in [3.63, 3.8) is 0 Å². The number of Topliss-reactive ketones (excluding diaryl/α,β-unsaturated/α-hetero) is 1. The van der Waals surface area contributed by atoms with Crippen molar-refractivity contribution in [1.82, 2.24) is 4.40 Å². The summed E-state index contributed by atoms with van der Waals surface area (Å²) in [5, 5.41) is 10.8. The number of halogens is 4. The number of carbonyl (C=O) groups is 1. The van der Waals surface area contributed by atoms with Crippen LogP contribution in [0.3, 0.4) is 0 Å². The zero-order chi connectivity index (χ0) is 18.9. The second-order valence-electron chi connectivity index (χ2n) is 7.10. The van der Waals surface area contributed by atoms with Gasteiger partial charge in [-0.1, -0.05) is 11.6 Å². The standard InChI is InChI=1S/C19H21ClF3NO2/c20-15-3-1-10-24-13(5-9-21)11-14(17(15)24)16(25)4-8-18(26)6-2-7-19(22,23)12-18/h1,3,10-11,26H,2,4-9,12H2. The van der Waals surface area contributed by atoms with Crippen molar-refractivity contribution in [2.24, 2.45) is 0 Å². The van der Waals surface area contributed by atoms with E-state index < -0.39 is 24.6 Å². The average molecular weight is 388 g/mol. The lowest BCUT2D eigenvalue weighted by atomic mass is 9.79. The Bertz CT molecular complexity index is 820. The topological polar surface area (TPSA) is 41.7 Å². The third kappa shape index (κ3) is 3.91. The number of aryl methyl sites for hydroxylation is 1. The van der Waals surface area contributed by atoms with Crippen LogP contribution in [0.5, 0.6) is 0 Å². The minimum absolute atomic E-state index is 0.0261. The van der Waals surface area contributed by atoms with Gasteiger partial charge in [-0.25, -0.2) is 8.78 Å².